The molecule has 150 valence electrons. The number of sulfonamides is 1. The molecule has 8 nitrogen and oxygen atoms in total. The average molecular weight is 406 g/mol. The fourth-order valence-electron chi connectivity index (χ4n) is 2.28. The standard InChI is InChI=1S/C19H22N2O6S/c1-4-11-27-17-10-7-14(19(23)24)12-16(17)20-18(22)13-5-8-15(9-6-13)28(25,26)21(2)3/h5-10,12H,4,11H2,1-3H3,(H,20,22)(H,23,24). The quantitative estimate of drug-likeness (QED) is 0.697. The maximum atomic E-state index is 12.5. The van der Waals surface area contributed by atoms with E-state index in [0.717, 1.165) is 10.7 Å². The first kappa shape index (κ1) is 21.4. The van der Waals surface area contributed by atoms with Crippen molar-refractivity contribution in [2.75, 3.05) is 26.0 Å². The number of amides is 1. The summed E-state index contributed by atoms with van der Waals surface area (Å²) in [5.74, 6) is -1.29. The van der Waals surface area contributed by atoms with Crippen molar-refractivity contribution in [1.29, 1.82) is 0 Å². The Labute approximate surface area is 163 Å². The van der Waals surface area contributed by atoms with Crippen LogP contribution >= 0.6 is 0 Å². The zero-order valence-corrected chi connectivity index (χ0v) is 16.6. The highest BCUT2D eigenvalue weighted by atomic mass is 32.2. The lowest BCUT2D eigenvalue weighted by Gasteiger charge is -2.14. The number of rotatable bonds is 8. The molecule has 9 heteroatoms. The molecule has 2 rings (SSSR count). The molecule has 0 saturated carbocycles. The lowest BCUT2D eigenvalue weighted by atomic mass is 10.1. The third-order valence-electron chi connectivity index (χ3n) is 3.83. The predicted molar refractivity (Wildman–Crippen MR) is 104 cm³/mol. The lowest BCUT2D eigenvalue weighted by molar-refractivity contribution is 0.0696. The number of carboxylic acid groups (broad SMARTS) is 1. The molecule has 28 heavy (non-hydrogen) atoms. The van der Waals surface area contributed by atoms with Gasteiger partial charge < -0.3 is 15.2 Å². The van der Waals surface area contributed by atoms with E-state index < -0.39 is 21.9 Å². The number of ether oxygens (including phenoxy) is 1. The Morgan fingerprint density at radius 2 is 1.68 bits per heavy atom. The van der Waals surface area contributed by atoms with Crippen molar-refractivity contribution in [2.45, 2.75) is 18.2 Å². The minimum absolute atomic E-state index is 0.00609. The first-order chi connectivity index (χ1) is 13.2. The molecular weight excluding hydrogens is 384 g/mol. The summed E-state index contributed by atoms with van der Waals surface area (Å²) in [7, 11) is -0.754. The van der Waals surface area contributed by atoms with E-state index in [9.17, 15) is 18.0 Å². The Hall–Kier alpha value is -2.91. The van der Waals surface area contributed by atoms with E-state index >= 15 is 0 Å². The molecule has 0 aromatic heterocycles. The van der Waals surface area contributed by atoms with Crippen molar-refractivity contribution in [2.24, 2.45) is 0 Å². The smallest absolute Gasteiger partial charge is 0.335 e. The molecule has 0 spiro atoms. The molecule has 0 aliphatic rings. The summed E-state index contributed by atoms with van der Waals surface area (Å²) >= 11 is 0. The maximum Gasteiger partial charge on any atom is 0.335 e. The van der Waals surface area contributed by atoms with Gasteiger partial charge in [0.25, 0.3) is 5.91 Å². The number of carboxylic acids is 1. The average Bonchev–Trinajstić information content (AvgIpc) is 2.66. The van der Waals surface area contributed by atoms with Crippen LogP contribution in [0.15, 0.2) is 47.4 Å². The van der Waals surface area contributed by atoms with Crippen molar-refractivity contribution < 1.29 is 27.9 Å². The summed E-state index contributed by atoms with van der Waals surface area (Å²) in [5.41, 5.74) is 0.454. The van der Waals surface area contributed by atoms with Crippen LogP contribution in [-0.4, -0.2) is 50.4 Å². The third-order valence-corrected chi connectivity index (χ3v) is 5.66. The van der Waals surface area contributed by atoms with E-state index in [1.165, 1.54) is 56.6 Å². The second-order valence-corrected chi connectivity index (χ2v) is 8.28. The van der Waals surface area contributed by atoms with Crippen LogP contribution in [0.4, 0.5) is 5.69 Å². The summed E-state index contributed by atoms with van der Waals surface area (Å²) in [6, 6.07) is 9.65. The monoisotopic (exact) mass is 406 g/mol. The summed E-state index contributed by atoms with van der Waals surface area (Å²) in [5, 5.41) is 11.8. The summed E-state index contributed by atoms with van der Waals surface area (Å²) in [4.78, 5) is 23.8. The van der Waals surface area contributed by atoms with Crippen molar-refractivity contribution >= 4 is 27.6 Å². The van der Waals surface area contributed by atoms with E-state index in [4.69, 9.17) is 9.84 Å². The van der Waals surface area contributed by atoms with E-state index in [2.05, 4.69) is 5.32 Å². The molecule has 2 aromatic carbocycles. The molecule has 0 saturated heterocycles. The molecule has 0 unspecified atom stereocenters. The number of anilines is 1. The number of benzene rings is 2. The number of carbonyl (C=O) groups excluding carboxylic acids is 1. The van der Waals surface area contributed by atoms with Crippen molar-refractivity contribution in [3.05, 3.63) is 53.6 Å². The Balaban J connectivity index is 2.28. The third kappa shape index (κ3) is 4.87. The number of hydrogen-bond acceptors (Lipinski definition) is 5. The highest BCUT2D eigenvalue weighted by molar-refractivity contribution is 7.89. The number of nitrogens with one attached hydrogen (secondary N) is 1. The highest BCUT2D eigenvalue weighted by Gasteiger charge is 2.18. The van der Waals surface area contributed by atoms with Gasteiger partial charge in [0.05, 0.1) is 22.8 Å². The van der Waals surface area contributed by atoms with Crippen molar-refractivity contribution in [1.82, 2.24) is 4.31 Å². The Morgan fingerprint density at radius 1 is 1.07 bits per heavy atom. The molecule has 2 aromatic rings. The topological polar surface area (TPSA) is 113 Å². The van der Waals surface area contributed by atoms with Gasteiger partial charge in [-0.1, -0.05) is 6.92 Å². The largest absolute Gasteiger partial charge is 0.491 e. The van der Waals surface area contributed by atoms with Crippen LogP contribution in [0.2, 0.25) is 0 Å². The Bertz CT molecular complexity index is 968. The molecular formula is C19H22N2O6S. The van der Waals surface area contributed by atoms with Gasteiger partial charge in [0.2, 0.25) is 10.0 Å². The van der Waals surface area contributed by atoms with E-state index in [0.29, 0.717) is 12.4 Å². The Morgan fingerprint density at radius 3 is 2.21 bits per heavy atom. The van der Waals surface area contributed by atoms with Gasteiger partial charge >= 0.3 is 5.97 Å². The second-order valence-electron chi connectivity index (χ2n) is 6.13. The first-order valence-electron chi connectivity index (χ1n) is 8.51. The van der Waals surface area contributed by atoms with Gasteiger partial charge in [0, 0.05) is 19.7 Å². The SMILES string of the molecule is CCCOc1ccc(C(=O)O)cc1NC(=O)c1ccc(S(=O)(=O)N(C)C)cc1. The summed E-state index contributed by atoms with van der Waals surface area (Å²) in [6.45, 7) is 2.33. The fraction of sp³-hybridized carbons (Fsp3) is 0.263. The van der Waals surface area contributed by atoms with E-state index in [1.807, 2.05) is 6.92 Å². The number of hydrogen-bond donors (Lipinski definition) is 2. The van der Waals surface area contributed by atoms with Gasteiger partial charge in [0.15, 0.2) is 0 Å². The van der Waals surface area contributed by atoms with Crippen molar-refractivity contribution in [3.63, 3.8) is 0 Å². The first-order valence-corrected chi connectivity index (χ1v) is 9.95. The van der Waals surface area contributed by atoms with Gasteiger partial charge in [-0.15, -0.1) is 0 Å². The number of carbonyl (C=O) groups is 2. The molecule has 1 amide bonds. The molecule has 0 heterocycles. The minimum Gasteiger partial charge on any atom is -0.491 e. The fourth-order valence-corrected chi connectivity index (χ4v) is 3.18. The van der Waals surface area contributed by atoms with Crippen LogP contribution in [0.5, 0.6) is 5.75 Å². The van der Waals surface area contributed by atoms with Crippen LogP contribution in [0.25, 0.3) is 0 Å². The van der Waals surface area contributed by atoms with Gasteiger partial charge in [-0.05, 0) is 48.9 Å². The zero-order valence-electron chi connectivity index (χ0n) is 15.8. The van der Waals surface area contributed by atoms with E-state index in [-0.39, 0.29) is 21.7 Å². The number of nitrogens with zero attached hydrogens (tertiary/aromatic N) is 1. The molecule has 0 fully saturated rings. The maximum absolute atomic E-state index is 12.5. The summed E-state index contributed by atoms with van der Waals surface area (Å²) in [6.07, 6.45) is 0.746. The van der Waals surface area contributed by atoms with Crippen LogP contribution in [0.3, 0.4) is 0 Å². The van der Waals surface area contributed by atoms with Gasteiger partial charge in [-0.3, -0.25) is 4.79 Å². The second kappa shape index (κ2) is 8.85. The molecule has 0 aliphatic heterocycles. The molecule has 0 aliphatic carbocycles. The van der Waals surface area contributed by atoms with Gasteiger partial charge in [-0.2, -0.15) is 0 Å². The summed E-state index contributed by atoms with van der Waals surface area (Å²) < 4.78 is 30.8. The van der Waals surface area contributed by atoms with Crippen molar-refractivity contribution in [3.8, 4) is 5.75 Å². The highest BCUT2D eigenvalue weighted by Crippen LogP contribution is 2.27. The minimum atomic E-state index is -3.59. The van der Waals surface area contributed by atoms with Gasteiger partial charge in [0.1, 0.15) is 5.75 Å². The Kier molecular flexibility index (Phi) is 6.76. The van der Waals surface area contributed by atoms with Crippen LogP contribution < -0.4 is 10.1 Å². The molecule has 0 atom stereocenters. The molecule has 2 N–H and O–H groups in total. The molecule has 0 radical (unpaired) electrons. The zero-order chi connectivity index (χ0) is 20.9. The van der Waals surface area contributed by atoms with Crippen LogP contribution in [0.1, 0.15) is 34.1 Å². The van der Waals surface area contributed by atoms with Crippen LogP contribution in [-0.2, 0) is 10.0 Å². The van der Waals surface area contributed by atoms with Gasteiger partial charge in [-0.25, -0.2) is 17.5 Å². The predicted octanol–water partition coefficient (Wildman–Crippen LogP) is 2.68. The lowest BCUT2D eigenvalue weighted by Crippen LogP contribution is -2.22. The number of aromatic carboxylic acids is 1. The van der Waals surface area contributed by atoms with E-state index in [1.54, 1.807) is 0 Å². The molecule has 0 bridgehead atoms. The van der Waals surface area contributed by atoms with Crippen LogP contribution in [0, 0.1) is 0 Å². The normalized spacial score (nSPS) is 11.3.